The van der Waals surface area contributed by atoms with Gasteiger partial charge in [0.05, 0.1) is 11.4 Å². The van der Waals surface area contributed by atoms with Gasteiger partial charge in [0.2, 0.25) is 0 Å². The molecule has 1 aromatic heterocycles. The average molecular weight is 497 g/mol. The van der Waals surface area contributed by atoms with Gasteiger partial charge in [-0.1, -0.05) is 60.7 Å². The highest BCUT2D eigenvalue weighted by atomic mass is 32.2. The minimum absolute atomic E-state index is 0.330. The number of anilines is 1. The number of benzene rings is 3. The van der Waals surface area contributed by atoms with E-state index in [0.717, 1.165) is 62.2 Å². The number of allylic oxidation sites excluding steroid dienone is 1. The van der Waals surface area contributed by atoms with Crippen molar-refractivity contribution in [3.05, 3.63) is 107 Å². The van der Waals surface area contributed by atoms with Gasteiger partial charge >= 0.3 is 0 Å². The number of nitrogens with one attached hydrogen (secondary N) is 2. The fourth-order valence-corrected chi connectivity index (χ4v) is 5.14. The van der Waals surface area contributed by atoms with E-state index in [1.165, 1.54) is 17.5 Å². The summed E-state index contributed by atoms with van der Waals surface area (Å²) in [6.45, 7) is 2.01. The van der Waals surface area contributed by atoms with Gasteiger partial charge in [0.1, 0.15) is 0 Å². The second-order valence-corrected chi connectivity index (χ2v) is 10.4. The first-order valence-corrected chi connectivity index (χ1v) is 13.5. The van der Waals surface area contributed by atoms with Crippen LogP contribution < -0.4 is 10.5 Å². The van der Waals surface area contributed by atoms with Crippen molar-refractivity contribution in [1.29, 1.82) is 5.41 Å². The molecule has 1 heterocycles. The lowest BCUT2D eigenvalue weighted by atomic mass is 9.92. The van der Waals surface area contributed by atoms with Gasteiger partial charge in [0.15, 0.2) is 5.13 Å². The fraction of sp³-hybridized carbons (Fsp3) is 0.172. The molecule has 0 amide bonds. The zero-order valence-electron chi connectivity index (χ0n) is 19.6. The quantitative estimate of drug-likeness (QED) is 0.165. The van der Waals surface area contributed by atoms with Crippen LogP contribution in [0.4, 0.5) is 5.13 Å². The summed E-state index contributed by atoms with van der Waals surface area (Å²) in [5.41, 5.74) is 8.26. The molecule has 0 spiro atoms. The van der Waals surface area contributed by atoms with Crippen molar-refractivity contribution in [2.24, 2.45) is 11.1 Å². The summed E-state index contributed by atoms with van der Waals surface area (Å²) < 4.78 is 0. The molecule has 0 aliphatic heterocycles. The Labute approximate surface area is 215 Å². The molecular formula is C29H28N4S2. The van der Waals surface area contributed by atoms with Gasteiger partial charge in [0.25, 0.3) is 0 Å². The Hall–Kier alpha value is -3.19. The minimum atomic E-state index is 0.330. The Morgan fingerprint density at radius 3 is 2.43 bits per heavy atom. The lowest BCUT2D eigenvalue weighted by molar-refractivity contribution is 1.10. The first-order chi connectivity index (χ1) is 17.1. The zero-order valence-corrected chi connectivity index (χ0v) is 21.3. The molecule has 1 fully saturated rings. The number of nitrogens with zero attached hydrogens (tertiary/aromatic N) is 1. The monoisotopic (exact) mass is 496 g/mol. The molecule has 5 rings (SSSR count). The molecule has 1 saturated carbocycles. The topological polar surface area (TPSA) is 74.8 Å². The molecule has 6 heteroatoms. The van der Waals surface area contributed by atoms with Crippen LogP contribution in [0.5, 0.6) is 0 Å². The highest BCUT2D eigenvalue weighted by molar-refractivity contribution is 7.97. The van der Waals surface area contributed by atoms with E-state index in [1.807, 2.05) is 25.1 Å². The largest absolute Gasteiger partial charge is 0.331 e. The second kappa shape index (κ2) is 10.6. The summed E-state index contributed by atoms with van der Waals surface area (Å²) in [6, 6.07) is 27.3. The predicted octanol–water partition coefficient (Wildman–Crippen LogP) is 7.58. The van der Waals surface area contributed by atoms with Crippen LogP contribution in [0.1, 0.15) is 29.7 Å². The number of hydrogen-bond acceptors (Lipinski definition) is 6. The van der Waals surface area contributed by atoms with Crippen molar-refractivity contribution in [2.45, 2.75) is 31.1 Å². The first-order valence-electron chi connectivity index (χ1n) is 11.7. The molecule has 0 unspecified atom stereocenters. The minimum Gasteiger partial charge on any atom is -0.331 e. The van der Waals surface area contributed by atoms with E-state index < -0.39 is 0 Å². The first kappa shape index (κ1) is 23.5. The number of thiazole rings is 1. The number of nitrogens with two attached hydrogens (primary N) is 1. The van der Waals surface area contributed by atoms with Gasteiger partial charge < -0.3 is 10.7 Å². The number of aryl methyl sites for hydroxylation is 1. The summed E-state index contributed by atoms with van der Waals surface area (Å²) in [7, 11) is 0. The number of rotatable bonds is 9. The van der Waals surface area contributed by atoms with E-state index in [0.29, 0.717) is 12.3 Å². The zero-order chi connectivity index (χ0) is 24.2. The lowest BCUT2D eigenvalue weighted by Gasteiger charge is -2.19. The second-order valence-electron chi connectivity index (χ2n) is 8.85. The normalized spacial score (nSPS) is 13.9. The standard InChI is InChI=1S/C29H28N4S2/c1-19-18-34-29(32-19)33-28(24-9-5-8-23(17-24)21-6-3-2-4-7-21)26(27(30)22-12-13-22)16-20-10-14-25(35-31)15-11-20/h2-11,14-15,17-18,22,30H,12-13,16,31H2,1H3,(H,32,33)/b28-26-,30-27?. The predicted molar refractivity (Wildman–Crippen MR) is 150 cm³/mol. The molecule has 3 aromatic carbocycles. The molecule has 35 heavy (non-hydrogen) atoms. The Balaban J connectivity index is 1.63. The Morgan fingerprint density at radius 2 is 1.77 bits per heavy atom. The molecule has 0 saturated heterocycles. The number of hydrogen-bond donors (Lipinski definition) is 3. The molecule has 4 nitrogen and oxygen atoms in total. The van der Waals surface area contributed by atoms with Crippen LogP contribution in [0.15, 0.2) is 94.7 Å². The summed E-state index contributed by atoms with van der Waals surface area (Å²) in [5.74, 6) is 0.330. The van der Waals surface area contributed by atoms with E-state index in [-0.39, 0.29) is 0 Å². The maximum absolute atomic E-state index is 9.12. The molecule has 176 valence electrons. The smallest absolute Gasteiger partial charge is 0.187 e. The summed E-state index contributed by atoms with van der Waals surface area (Å²) in [5, 5.41) is 21.4. The highest BCUT2D eigenvalue weighted by Crippen LogP contribution is 2.37. The molecule has 4 aromatic rings. The maximum atomic E-state index is 9.12. The molecule has 0 radical (unpaired) electrons. The van der Waals surface area contributed by atoms with Gasteiger partial charge in [-0.05, 0) is 72.2 Å². The Bertz CT molecular complexity index is 1350. The van der Waals surface area contributed by atoms with E-state index in [1.54, 1.807) is 11.3 Å². The summed E-state index contributed by atoms with van der Waals surface area (Å²) >= 11 is 2.84. The molecule has 4 N–H and O–H groups in total. The van der Waals surface area contributed by atoms with Crippen LogP contribution >= 0.6 is 23.3 Å². The van der Waals surface area contributed by atoms with Crippen LogP contribution in [0, 0.1) is 18.3 Å². The van der Waals surface area contributed by atoms with Crippen molar-refractivity contribution in [2.75, 3.05) is 5.32 Å². The third kappa shape index (κ3) is 5.73. The van der Waals surface area contributed by atoms with Gasteiger partial charge in [-0.15, -0.1) is 11.3 Å². The van der Waals surface area contributed by atoms with Crippen LogP contribution in [0.25, 0.3) is 16.8 Å². The van der Waals surface area contributed by atoms with E-state index in [2.05, 4.69) is 76.3 Å². The van der Waals surface area contributed by atoms with Crippen LogP contribution in [-0.4, -0.2) is 10.7 Å². The molecular weight excluding hydrogens is 468 g/mol. The van der Waals surface area contributed by atoms with Gasteiger partial charge in [-0.2, -0.15) is 0 Å². The van der Waals surface area contributed by atoms with Crippen LogP contribution in [0.2, 0.25) is 0 Å². The SMILES string of the molecule is Cc1csc(N/C(=C(/Cc2ccc(SN)cc2)C(=N)C2CC2)c2cccc(-c3ccccc3)c2)n1. The van der Waals surface area contributed by atoms with Crippen molar-refractivity contribution in [3.8, 4) is 11.1 Å². The van der Waals surface area contributed by atoms with Crippen LogP contribution in [0.3, 0.4) is 0 Å². The summed E-state index contributed by atoms with van der Waals surface area (Å²) in [4.78, 5) is 5.71. The van der Waals surface area contributed by atoms with Crippen molar-refractivity contribution >= 4 is 39.8 Å². The third-order valence-electron chi connectivity index (χ3n) is 6.16. The van der Waals surface area contributed by atoms with Gasteiger partial charge in [-0.25, -0.2) is 4.98 Å². The van der Waals surface area contributed by atoms with E-state index in [4.69, 9.17) is 10.5 Å². The van der Waals surface area contributed by atoms with E-state index >= 15 is 0 Å². The Kier molecular flexibility index (Phi) is 7.13. The fourth-order valence-electron chi connectivity index (χ4n) is 4.15. The van der Waals surface area contributed by atoms with Crippen molar-refractivity contribution in [3.63, 3.8) is 0 Å². The lowest BCUT2D eigenvalue weighted by Crippen LogP contribution is -2.14. The maximum Gasteiger partial charge on any atom is 0.187 e. The molecule has 1 aliphatic carbocycles. The van der Waals surface area contributed by atoms with E-state index in [9.17, 15) is 0 Å². The third-order valence-corrected chi connectivity index (χ3v) is 7.58. The van der Waals surface area contributed by atoms with Crippen molar-refractivity contribution in [1.82, 2.24) is 4.98 Å². The van der Waals surface area contributed by atoms with Gasteiger partial charge in [-0.3, -0.25) is 5.14 Å². The average Bonchev–Trinajstić information content (AvgIpc) is 3.68. The number of aromatic nitrogens is 1. The molecule has 0 atom stereocenters. The molecule has 0 bridgehead atoms. The van der Waals surface area contributed by atoms with Crippen LogP contribution in [-0.2, 0) is 6.42 Å². The van der Waals surface area contributed by atoms with Gasteiger partial charge in [0, 0.05) is 33.9 Å². The highest BCUT2D eigenvalue weighted by Gasteiger charge is 2.30. The molecule has 1 aliphatic rings. The van der Waals surface area contributed by atoms with Crippen molar-refractivity contribution < 1.29 is 0 Å². The summed E-state index contributed by atoms with van der Waals surface area (Å²) in [6.07, 6.45) is 2.84. The Morgan fingerprint density at radius 1 is 1.03 bits per heavy atom.